The average molecular weight is 375 g/mol. The predicted molar refractivity (Wildman–Crippen MR) is 101 cm³/mol. The second-order valence-corrected chi connectivity index (χ2v) is 6.70. The van der Waals surface area contributed by atoms with Gasteiger partial charge in [-0.1, -0.05) is 0 Å². The molecule has 5 nitrogen and oxygen atoms in total. The Kier molecular flexibility index (Phi) is 6.53. The molecule has 146 valence electrons. The van der Waals surface area contributed by atoms with Gasteiger partial charge in [0.15, 0.2) is 0 Å². The highest BCUT2D eigenvalue weighted by Crippen LogP contribution is 2.30. The van der Waals surface area contributed by atoms with Gasteiger partial charge in [-0.2, -0.15) is 0 Å². The molecule has 6 heteroatoms. The van der Waals surface area contributed by atoms with E-state index in [9.17, 15) is 9.50 Å². The number of rotatable bonds is 7. The normalized spacial score (nSPS) is 16.7. The maximum absolute atomic E-state index is 13.0. The molecule has 0 aliphatic carbocycles. The van der Waals surface area contributed by atoms with Crippen LogP contribution in [-0.2, 0) is 0 Å². The Bertz CT molecular complexity index is 729. The number of hydrogen-bond donors (Lipinski definition) is 1. The molecule has 0 radical (unpaired) electrons. The number of methoxy groups -OCH3 is 2. The van der Waals surface area contributed by atoms with Crippen molar-refractivity contribution in [1.29, 1.82) is 0 Å². The summed E-state index contributed by atoms with van der Waals surface area (Å²) in [6, 6.07) is 11.5. The van der Waals surface area contributed by atoms with E-state index in [1.807, 2.05) is 12.1 Å². The number of ether oxygens (including phenoxy) is 3. The van der Waals surface area contributed by atoms with Crippen molar-refractivity contribution in [3.63, 3.8) is 0 Å². The van der Waals surface area contributed by atoms with E-state index in [4.69, 9.17) is 14.2 Å². The molecule has 1 unspecified atom stereocenters. The third-order valence-electron chi connectivity index (χ3n) is 4.88. The first-order chi connectivity index (χ1) is 13.1. The molecule has 3 rings (SSSR count). The lowest BCUT2D eigenvalue weighted by Gasteiger charge is -2.33. The highest BCUT2D eigenvalue weighted by molar-refractivity contribution is 5.41. The van der Waals surface area contributed by atoms with Crippen molar-refractivity contribution >= 4 is 0 Å². The van der Waals surface area contributed by atoms with Gasteiger partial charge in [0.2, 0.25) is 0 Å². The summed E-state index contributed by atoms with van der Waals surface area (Å²) in [5.41, 5.74) is 0.724. The predicted octanol–water partition coefficient (Wildman–Crippen LogP) is 3.42. The number of piperidine rings is 1. The standard InChI is InChI=1S/C21H26FNO4/c1-25-18-7-8-21(26-2)19(13-18)20(24)14-23-11-9-17(10-12-23)27-16-5-3-15(22)4-6-16/h3-8,13,17,20,24H,9-12,14H2,1-2H3. The molecular weight excluding hydrogens is 349 g/mol. The molecule has 1 N–H and O–H groups in total. The van der Waals surface area contributed by atoms with E-state index in [1.165, 1.54) is 12.1 Å². The minimum absolute atomic E-state index is 0.107. The minimum atomic E-state index is -0.662. The van der Waals surface area contributed by atoms with Crippen LogP contribution in [0.5, 0.6) is 17.2 Å². The van der Waals surface area contributed by atoms with Crippen molar-refractivity contribution in [3.8, 4) is 17.2 Å². The molecule has 0 spiro atoms. The first kappa shape index (κ1) is 19.5. The monoisotopic (exact) mass is 375 g/mol. The molecule has 2 aromatic carbocycles. The van der Waals surface area contributed by atoms with Gasteiger partial charge in [-0.3, -0.25) is 0 Å². The fourth-order valence-electron chi connectivity index (χ4n) is 3.36. The van der Waals surface area contributed by atoms with Crippen molar-refractivity contribution in [2.45, 2.75) is 25.0 Å². The van der Waals surface area contributed by atoms with Gasteiger partial charge in [-0.25, -0.2) is 4.39 Å². The summed E-state index contributed by atoms with van der Waals surface area (Å²) in [4.78, 5) is 2.22. The Balaban J connectivity index is 1.53. The van der Waals surface area contributed by atoms with Crippen LogP contribution in [-0.4, -0.2) is 50.0 Å². The first-order valence-corrected chi connectivity index (χ1v) is 9.13. The summed E-state index contributed by atoms with van der Waals surface area (Å²) in [6.45, 7) is 2.18. The molecule has 1 aliphatic rings. The van der Waals surface area contributed by atoms with E-state index in [0.717, 1.165) is 31.5 Å². The van der Waals surface area contributed by atoms with E-state index in [1.54, 1.807) is 32.4 Å². The second-order valence-electron chi connectivity index (χ2n) is 6.70. The molecule has 0 saturated carbocycles. The van der Waals surface area contributed by atoms with Gasteiger partial charge in [0.05, 0.1) is 20.3 Å². The molecule has 0 aromatic heterocycles. The topological polar surface area (TPSA) is 51.2 Å². The van der Waals surface area contributed by atoms with Crippen LogP contribution in [0, 0.1) is 5.82 Å². The Morgan fingerprint density at radius 1 is 1.04 bits per heavy atom. The molecule has 1 saturated heterocycles. The van der Waals surface area contributed by atoms with Gasteiger partial charge < -0.3 is 24.2 Å². The van der Waals surface area contributed by atoms with Crippen LogP contribution >= 0.6 is 0 Å². The van der Waals surface area contributed by atoms with E-state index in [-0.39, 0.29) is 11.9 Å². The number of aliphatic hydroxyl groups excluding tert-OH is 1. The van der Waals surface area contributed by atoms with Gasteiger partial charge in [0.1, 0.15) is 29.2 Å². The Morgan fingerprint density at radius 3 is 2.33 bits per heavy atom. The van der Waals surface area contributed by atoms with Crippen LogP contribution in [0.15, 0.2) is 42.5 Å². The Morgan fingerprint density at radius 2 is 1.70 bits per heavy atom. The van der Waals surface area contributed by atoms with Crippen molar-refractivity contribution in [2.75, 3.05) is 33.9 Å². The SMILES string of the molecule is COc1ccc(OC)c(C(O)CN2CCC(Oc3ccc(F)cc3)CC2)c1. The number of benzene rings is 2. The van der Waals surface area contributed by atoms with Crippen LogP contribution in [0.2, 0.25) is 0 Å². The third-order valence-corrected chi connectivity index (χ3v) is 4.88. The fraction of sp³-hybridized carbons (Fsp3) is 0.429. The van der Waals surface area contributed by atoms with Gasteiger partial charge >= 0.3 is 0 Å². The van der Waals surface area contributed by atoms with Gasteiger partial charge in [-0.05, 0) is 55.3 Å². The number of halogens is 1. The van der Waals surface area contributed by atoms with Crippen LogP contribution in [0.25, 0.3) is 0 Å². The zero-order valence-electron chi connectivity index (χ0n) is 15.7. The molecule has 1 aliphatic heterocycles. The van der Waals surface area contributed by atoms with Gasteiger partial charge in [0.25, 0.3) is 0 Å². The summed E-state index contributed by atoms with van der Waals surface area (Å²) in [7, 11) is 3.19. The third kappa shape index (κ3) is 5.11. The van der Waals surface area contributed by atoms with E-state index in [2.05, 4.69) is 4.90 Å². The summed E-state index contributed by atoms with van der Waals surface area (Å²) in [6.07, 6.45) is 1.17. The van der Waals surface area contributed by atoms with E-state index < -0.39 is 6.10 Å². The molecule has 1 atom stereocenters. The smallest absolute Gasteiger partial charge is 0.124 e. The van der Waals surface area contributed by atoms with Crippen molar-refractivity contribution in [1.82, 2.24) is 4.90 Å². The zero-order chi connectivity index (χ0) is 19.2. The zero-order valence-corrected chi connectivity index (χ0v) is 15.7. The summed E-state index contributed by atoms with van der Waals surface area (Å²) in [5, 5.41) is 10.7. The molecule has 27 heavy (non-hydrogen) atoms. The summed E-state index contributed by atoms with van der Waals surface area (Å²) in [5.74, 6) is 1.77. The van der Waals surface area contributed by atoms with Crippen LogP contribution in [0.1, 0.15) is 24.5 Å². The number of hydrogen-bond acceptors (Lipinski definition) is 5. The van der Waals surface area contributed by atoms with Crippen molar-refractivity contribution < 1.29 is 23.7 Å². The molecule has 2 aromatic rings. The average Bonchev–Trinajstić information content (AvgIpc) is 2.70. The summed E-state index contributed by atoms with van der Waals surface area (Å²) < 4.78 is 29.5. The second kappa shape index (κ2) is 9.06. The van der Waals surface area contributed by atoms with Crippen LogP contribution < -0.4 is 14.2 Å². The first-order valence-electron chi connectivity index (χ1n) is 9.13. The van der Waals surface area contributed by atoms with Crippen molar-refractivity contribution in [3.05, 3.63) is 53.8 Å². The summed E-state index contributed by atoms with van der Waals surface area (Å²) >= 11 is 0. The lowest BCUT2D eigenvalue weighted by Crippen LogP contribution is -2.40. The number of likely N-dealkylation sites (tertiary alicyclic amines) is 1. The fourth-order valence-corrected chi connectivity index (χ4v) is 3.36. The highest BCUT2D eigenvalue weighted by atomic mass is 19.1. The molecule has 1 heterocycles. The van der Waals surface area contributed by atoms with Crippen LogP contribution in [0.4, 0.5) is 4.39 Å². The van der Waals surface area contributed by atoms with Gasteiger partial charge in [-0.15, -0.1) is 0 Å². The maximum Gasteiger partial charge on any atom is 0.124 e. The molecule has 0 amide bonds. The molecule has 0 bridgehead atoms. The Hall–Kier alpha value is -2.31. The Labute approximate surface area is 159 Å². The molecule has 1 fully saturated rings. The number of aliphatic hydroxyl groups is 1. The lowest BCUT2D eigenvalue weighted by atomic mass is 10.0. The van der Waals surface area contributed by atoms with E-state index in [0.29, 0.717) is 23.8 Å². The van der Waals surface area contributed by atoms with Crippen molar-refractivity contribution in [2.24, 2.45) is 0 Å². The largest absolute Gasteiger partial charge is 0.497 e. The molecular formula is C21H26FNO4. The highest BCUT2D eigenvalue weighted by Gasteiger charge is 2.24. The number of β-amino-alcohol motifs (C(OH)–C–C–N with tert-alkyl or cyclic N) is 1. The van der Waals surface area contributed by atoms with Gasteiger partial charge in [0, 0.05) is 25.2 Å². The van der Waals surface area contributed by atoms with Crippen LogP contribution in [0.3, 0.4) is 0 Å². The lowest BCUT2D eigenvalue weighted by molar-refractivity contribution is 0.0600. The maximum atomic E-state index is 13.0. The quantitative estimate of drug-likeness (QED) is 0.804. The van der Waals surface area contributed by atoms with E-state index >= 15 is 0 Å². The number of nitrogens with zero attached hydrogens (tertiary/aromatic N) is 1. The minimum Gasteiger partial charge on any atom is -0.497 e.